The van der Waals surface area contributed by atoms with Crippen LogP contribution in [0, 0.1) is 17.5 Å². The number of rotatable bonds is 2. The molecule has 18 heavy (non-hydrogen) atoms. The van der Waals surface area contributed by atoms with E-state index in [1.165, 1.54) is 6.20 Å². The number of nitrogen functional groups attached to an aromatic ring is 1. The van der Waals surface area contributed by atoms with Crippen molar-refractivity contribution in [1.29, 1.82) is 0 Å². The van der Waals surface area contributed by atoms with Gasteiger partial charge in [-0.05, 0) is 23.8 Å². The third kappa shape index (κ3) is 2.14. The Morgan fingerprint density at radius 2 is 1.72 bits per heavy atom. The van der Waals surface area contributed by atoms with Gasteiger partial charge in [0.25, 0.3) is 0 Å². The van der Waals surface area contributed by atoms with Crippen LogP contribution in [0.25, 0.3) is 0 Å². The van der Waals surface area contributed by atoms with Gasteiger partial charge in [0.2, 0.25) is 0 Å². The average molecular weight is 253 g/mol. The Morgan fingerprint density at radius 3 is 2.28 bits per heavy atom. The van der Waals surface area contributed by atoms with E-state index in [1.54, 1.807) is 12.1 Å². The molecule has 0 saturated carbocycles. The summed E-state index contributed by atoms with van der Waals surface area (Å²) < 4.78 is 39.0. The Hall–Kier alpha value is -2.08. The van der Waals surface area contributed by atoms with Crippen molar-refractivity contribution in [3.63, 3.8) is 0 Å². The van der Waals surface area contributed by atoms with E-state index < -0.39 is 23.5 Å². The second kappa shape index (κ2) is 4.66. The number of hydrogen-bond acceptors (Lipinski definition) is 3. The lowest BCUT2D eigenvalue weighted by Gasteiger charge is -2.14. The number of pyridine rings is 1. The first kappa shape index (κ1) is 12.4. The number of benzene rings is 1. The summed E-state index contributed by atoms with van der Waals surface area (Å²) >= 11 is 0. The highest BCUT2D eigenvalue weighted by Crippen LogP contribution is 2.25. The van der Waals surface area contributed by atoms with Gasteiger partial charge in [0.15, 0.2) is 17.5 Å². The first-order valence-corrected chi connectivity index (χ1v) is 5.11. The van der Waals surface area contributed by atoms with E-state index in [1.807, 2.05) is 0 Å². The van der Waals surface area contributed by atoms with Gasteiger partial charge in [-0.1, -0.05) is 6.07 Å². The first-order chi connectivity index (χ1) is 8.50. The maximum absolute atomic E-state index is 13.1. The molecule has 2 rings (SSSR count). The van der Waals surface area contributed by atoms with Gasteiger partial charge in [-0.25, -0.2) is 18.2 Å². The minimum Gasteiger partial charge on any atom is -0.383 e. The quantitative estimate of drug-likeness (QED) is 0.806. The van der Waals surface area contributed by atoms with Crippen molar-refractivity contribution < 1.29 is 13.2 Å². The Balaban J connectivity index is 2.47. The molecule has 0 aliphatic heterocycles. The molecule has 2 aromatic rings. The van der Waals surface area contributed by atoms with Gasteiger partial charge >= 0.3 is 0 Å². The highest BCUT2D eigenvalue weighted by molar-refractivity contribution is 5.45. The summed E-state index contributed by atoms with van der Waals surface area (Å²) in [6.45, 7) is 0. The van der Waals surface area contributed by atoms with Crippen LogP contribution in [-0.2, 0) is 0 Å². The summed E-state index contributed by atoms with van der Waals surface area (Å²) in [6, 6.07) is 4.00. The van der Waals surface area contributed by atoms with Crippen LogP contribution in [0.5, 0.6) is 0 Å². The Kier molecular flexibility index (Phi) is 3.20. The van der Waals surface area contributed by atoms with E-state index in [4.69, 9.17) is 11.5 Å². The number of nitrogens with two attached hydrogens (primary N) is 2. The lowest BCUT2D eigenvalue weighted by atomic mass is 10.00. The normalized spacial score (nSPS) is 12.4. The summed E-state index contributed by atoms with van der Waals surface area (Å²) in [5, 5.41) is 0. The fourth-order valence-corrected chi connectivity index (χ4v) is 1.63. The Labute approximate surface area is 101 Å². The van der Waals surface area contributed by atoms with Crippen LogP contribution in [0.1, 0.15) is 17.2 Å². The number of aromatic nitrogens is 1. The van der Waals surface area contributed by atoms with Crippen LogP contribution < -0.4 is 11.5 Å². The lowest BCUT2D eigenvalue weighted by molar-refractivity contribution is 0.444. The molecular weight excluding hydrogens is 243 g/mol. The summed E-state index contributed by atoms with van der Waals surface area (Å²) in [5.74, 6) is -3.94. The monoisotopic (exact) mass is 253 g/mol. The predicted octanol–water partition coefficient (Wildman–Crippen LogP) is 2.13. The molecule has 6 heteroatoms. The topological polar surface area (TPSA) is 64.9 Å². The molecule has 1 aromatic carbocycles. The summed E-state index contributed by atoms with van der Waals surface area (Å²) in [5.41, 5.74) is 11.9. The van der Waals surface area contributed by atoms with E-state index in [2.05, 4.69) is 4.98 Å². The molecule has 1 heterocycles. The molecule has 94 valence electrons. The van der Waals surface area contributed by atoms with Crippen LogP contribution in [0.15, 0.2) is 30.5 Å². The molecule has 0 fully saturated rings. The molecule has 0 amide bonds. The lowest BCUT2D eigenvalue weighted by Crippen LogP contribution is -2.15. The number of anilines is 1. The Bertz CT molecular complexity index is 564. The highest BCUT2D eigenvalue weighted by Gasteiger charge is 2.17. The SMILES string of the molecule is Nc1ncccc1C(N)c1cc(F)c(F)c(F)c1. The largest absolute Gasteiger partial charge is 0.383 e. The van der Waals surface area contributed by atoms with E-state index >= 15 is 0 Å². The van der Waals surface area contributed by atoms with Gasteiger partial charge in [0.05, 0.1) is 6.04 Å². The van der Waals surface area contributed by atoms with E-state index in [0.717, 1.165) is 12.1 Å². The molecule has 1 atom stereocenters. The molecule has 0 saturated heterocycles. The molecule has 1 aromatic heterocycles. The molecule has 0 radical (unpaired) electrons. The summed E-state index contributed by atoms with van der Waals surface area (Å²) in [6.07, 6.45) is 1.47. The van der Waals surface area contributed by atoms with Gasteiger partial charge in [-0.15, -0.1) is 0 Å². The van der Waals surface area contributed by atoms with Crippen LogP contribution in [0.4, 0.5) is 19.0 Å². The second-order valence-corrected chi connectivity index (χ2v) is 3.75. The fourth-order valence-electron chi connectivity index (χ4n) is 1.63. The van der Waals surface area contributed by atoms with Gasteiger partial charge in [-0.3, -0.25) is 0 Å². The van der Waals surface area contributed by atoms with Crippen molar-refractivity contribution in [1.82, 2.24) is 4.98 Å². The first-order valence-electron chi connectivity index (χ1n) is 5.11. The minimum atomic E-state index is -1.52. The smallest absolute Gasteiger partial charge is 0.194 e. The van der Waals surface area contributed by atoms with Crippen molar-refractivity contribution in [2.75, 3.05) is 5.73 Å². The van der Waals surface area contributed by atoms with E-state index in [9.17, 15) is 13.2 Å². The molecule has 0 spiro atoms. The number of halogens is 3. The third-order valence-electron chi connectivity index (χ3n) is 2.57. The molecule has 3 nitrogen and oxygen atoms in total. The molecule has 0 aliphatic carbocycles. The molecule has 1 unspecified atom stereocenters. The fraction of sp³-hybridized carbons (Fsp3) is 0.0833. The van der Waals surface area contributed by atoms with Gasteiger partial charge in [0, 0.05) is 11.8 Å². The van der Waals surface area contributed by atoms with E-state index in [-0.39, 0.29) is 11.4 Å². The predicted molar refractivity (Wildman–Crippen MR) is 61.0 cm³/mol. The van der Waals surface area contributed by atoms with Crippen molar-refractivity contribution in [2.45, 2.75) is 6.04 Å². The molecule has 0 bridgehead atoms. The van der Waals surface area contributed by atoms with Gasteiger partial charge < -0.3 is 11.5 Å². The van der Waals surface area contributed by atoms with E-state index in [0.29, 0.717) is 5.56 Å². The minimum absolute atomic E-state index is 0.0890. The molecular formula is C12H10F3N3. The summed E-state index contributed by atoms with van der Waals surface area (Å²) in [4.78, 5) is 3.82. The molecule has 0 aliphatic rings. The van der Waals surface area contributed by atoms with Crippen molar-refractivity contribution in [3.05, 3.63) is 59.0 Å². The van der Waals surface area contributed by atoms with Gasteiger partial charge in [0.1, 0.15) is 5.82 Å². The maximum Gasteiger partial charge on any atom is 0.194 e. The summed E-state index contributed by atoms with van der Waals surface area (Å²) in [7, 11) is 0. The second-order valence-electron chi connectivity index (χ2n) is 3.75. The van der Waals surface area contributed by atoms with Crippen molar-refractivity contribution in [3.8, 4) is 0 Å². The van der Waals surface area contributed by atoms with Crippen molar-refractivity contribution in [2.24, 2.45) is 5.73 Å². The number of nitrogens with zero attached hydrogens (tertiary/aromatic N) is 1. The zero-order chi connectivity index (χ0) is 13.3. The van der Waals surface area contributed by atoms with Crippen LogP contribution in [-0.4, -0.2) is 4.98 Å². The van der Waals surface area contributed by atoms with Crippen molar-refractivity contribution >= 4 is 5.82 Å². The van der Waals surface area contributed by atoms with Gasteiger partial charge in [-0.2, -0.15) is 0 Å². The standard InChI is InChI=1S/C12H10F3N3/c13-8-4-6(5-9(14)10(8)15)11(16)7-2-1-3-18-12(7)17/h1-5,11H,16H2,(H2,17,18). The Morgan fingerprint density at radius 1 is 1.11 bits per heavy atom. The zero-order valence-corrected chi connectivity index (χ0v) is 9.20. The third-order valence-corrected chi connectivity index (χ3v) is 2.57. The number of hydrogen-bond donors (Lipinski definition) is 2. The van der Waals surface area contributed by atoms with Crippen LogP contribution in [0.2, 0.25) is 0 Å². The molecule has 4 N–H and O–H groups in total. The zero-order valence-electron chi connectivity index (χ0n) is 9.20. The average Bonchev–Trinajstić information content (AvgIpc) is 2.35. The maximum atomic E-state index is 13.1. The highest BCUT2D eigenvalue weighted by atomic mass is 19.2. The van der Waals surface area contributed by atoms with Crippen LogP contribution in [0.3, 0.4) is 0 Å². The van der Waals surface area contributed by atoms with Crippen LogP contribution >= 0.6 is 0 Å².